The topological polar surface area (TPSA) is 185 Å². The Morgan fingerprint density at radius 3 is 1.71 bits per heavy atom. The van der Waals surface area contributed by atoms with E-state index in [0.29, 0.717) is 12.8 Å². The van der Waals surface area contributed by atoms with Gasteiger partial charge in [-0.1, -0.05) is 29.3 Å². The van der Waals surface area contributed by atoms with Gasteiger partial charge in [0.2, 0.25) is 0 Å². The van der Waals surface area contributed by atoms with Crippen molar-refractivity contribution in [2.45, 2.75) is 61.4 Å². The molecule has 2 aliphatic heterocycles. The second-order valence-electron chi connectivity index (χ2n) is 11.2. The fourth-order valence-electron chi connectivity index (χ4n) is 5.06. The van der Waals surface area contributed by atoms with Crippen molar-refractivity contribution in [3.63, 3.8) is 0 Å². The quantitative estimate of drug-likeness (QED) is 0.181. The summed E-state index contributed by atoms with van der Waals surface area (Å²) in [6.07, 6.45) is -11.4. The van der Waals surface area contributed by atoms with E-state index in [1.54, 1.807) is 0 Å². The zero-order valence-corrected chi connectivity index (χ0v) is 28.3. The number of carbonyl (C=O) groups excluding carboxylic acids is 2. The molecule has 2 fully saturated rings. The van der Waals surface area contributed by atoms with Gasteiger partial charge in [0.15, 0.2) is 0 Å². The molecule has 2 aromatic rings. The van der Waals surface area contributed by atoms with E-state index < -0.39 is 74.3 Å². The first-order chi connectivity index (χ1) is 22.5. The van der Waals surface area contributed by atoms with E-state index >= 15 is 0 Å². The van der Waals surface area contributed by atoms with Crippen LogP contribution in [0.3, 0.4) is 0 Å². The van der Waals surface area contributed by atoms with Crippen LogP contribution in [-0.2, 0) is 49.7 Å². The van der Waals surface area contributed by atoms with E-state index in [0.717, 1.165) is 25.0 Å². The molecule has 0 radical (unpaired) electrons. The van der Waals surface area contributed by atoms with Crippen molar-refractivity contribution in [1.29, 1.82) is 0 Å². The molecule has 6 rings (SSSR count). The van der Waals surface area contributed by atoms with E-state index in [4.69, 9.17) is 37.4 Å². The van der Waals surface area contributed by atoms with Gasteiger partial charge < -0.3 is 19.7 Å². The third kappa shape index (κ3) is 8.69. The summed E-state index contributed by atoms with van der Waals surface area (Å²) < 4.78 is 126. The Morgan fingerprint density at radius 2 is 1.27 bits per heavy atom. The fraction of sp³-hybridized carbons (Fsp3) is 0.429. The van der Waals surface area contributed by atoms with Gasteiger partial charge in [-0.3, -0.25) is 10.6 Å². The summed E-state index contributed by atoms with van der Waals surface area (Å²) >= 11 is 5.52. The first kappa shape index (κ1) is 38.4. The normalized spacial score (nSPS) is 24.6. The summed E-state index contributed by atoms with van der Waals surface area (Å²) in [6.45, 7) is 0. The Morgan fingerprint density at radius 1 is 0.796 bits per heavy atom. The number of cyclic esters (lactones) is 2. The Labute approximate surface area is 284 Å². The maximum absolute atomic E-state index is 13.9. The zero-order chi connectivity index (χ0) is 36.7. The minimum absolute atomic E-state index is 0.0229. The number of amides is 2. The second-order valence-corrected chi connectivity index (χ2v) is 14.6. The molecule has 12 nitrogen and oxygen atoms in total. The first-order valence-corrected chi connectivity index (χ1v) is 18.8. The average molecular weight is 924 g/mol. The minimum atomic E-state index is -6.06. The van der Waals surface area contributed by atoms with Gasteiger partial charge in [-0.05, 0) is 80.0 Å². The van der Waals surface area contributed by atoms with Crippen LogP contribution in [0.5, 0.6) is 0 Å². The van der Waals surface area contributed by atoms with E-state index in [9.17, 15) is 46.1 Å². The molecule has 0 saturated heterocycles. The molecule has 2 aliphatic carbocycles. The van der Waals surface area contributed by atoms with Gasteiger partial charge in [0.05, 0.1) is 17.5 Å². The number of rotatable bonds is 5. The van der Waals surface area contributed by atoms with Crippen LogP contribution in [0.4, 0.5) is 47.3 Å². The van der Waals surface area contributed by atoms with Crippen LogP contribution in [0, 0.1) is 11.8 Å². The van der Waals surface area contributed by atoms with Crippen molar-refractivity contribution >= 4 is 46.8 Å². The second kappa shape index (κ2) is 13.7. The third-order valence-electron chi connectivity index (χ3n) is 7.66. The SMILES string of the molecule is O=C1Nc2ccc(Cl)cc2[C@@](C(O)C(O)C2CC2)(C(F)(F)F)O1.O=C1Nc2ccc(Cl)cc2[C@@](C=CC2CC2)(C(F)(F)F)O1.[O]=[Os](=[O])(=[O])=[O]. The average Bonchev–Trinajstić information content (AvgIpc) is 3.88. The predicted octanol–water partition coefficient (Wildman–Crippen LogP) is 6.94. The van der Waals surface area contributed by atoms with Crippen molar-refractivity contribution in [2.24, 2.45) is 11.8 Å². The Hall–Kier alpha value is -3.36. The number of fused-ring (bicyclic) bond motifs is 2. The summed E-state index contributed by atoms with van der Waals surface area (Å²) in [5.41, 5.74) is -7.04. The van der Waals surface area contributed by atoms with E-state index in [-0.39, 0.29) is 32.9 Å². The number of carbonyl (C=O) groups is 2. The van der Waals surface area contributed by atoms with Crippen molar-refractivity contribution in [2.75, 3.05) is 10.6 Å². The van der Waals surface area contributed by atoms with Crippen LogP contribution in [0.2, 0.25) is 10.0 Å². The van der Waals surface area contributed by atoms with E-state index in [1.165, 1.54) is 36.4 Å². The number of aliphatic hydroxyl groups excluding tert-OH is 2. The summed E-state index contributed by atoms with van der Waals surface area (Å²) in [4.78, 5) is 23.2. The van der Waals surface area contributed by atoms with Crippen LogP contribution in [-0.4, -0.2) is 47.0 Å². The molecule has 270 valence electrons. The molecular weight excluding hydrogens is 899 g/mol. The summed E-state index contributed by atoms with van der Waals surface area (Å²) in [7, 11) is 0. The number of allylic oxidation sites excluding steroid dienone is 1. The van der Waals surface area contributed by atoms with Crippen LogP contribution >= 0.6 is 23.2 Å². The number of anilines is 2. The predicted molar refractivity (Wildman–Crippen MR) is 148 cm³/mol. The number of aliphatic hydroxyl groups is 2. The molecule has 0 spiro atoms. The molecule has 49 heavy (non-hydrogen) atoms. The van der Waals surface area contributed by atoms with Gasteiger partial charge in [-0.25, -0.2) is 9.59 Å². The number of halogens is 8. The molecule has 2 amide bonds. The molecule has 0 aromatic heterocycles. The number of benzene rings is 2. The van der Waals surface area contributed by atoms with Crippen LogP contribution in [0.1, 0.15) is 36.8 Å². The monoisotopic (exact) mass is 924 g/mol. The van der Waals surface area contributed by atoms with Crippen molar-refractivity contribution in [3.05, 3.63) is 69.7 Å². The van der Waals surface area contributed by atoms with Gasteiger partial charge in [0, 0.05) is 21.2 Å². The number of alkyl halides is 6. The van der Waals surface area contributed by atoms with Gasteiger partial charge in [-0.15, -0.1) is 0 Å². The fourth-order valence-corrected chi connectivity index (χ4v) is 5.41. The molecule has 4 atom stereocenters. The number of nitrogens with one attached hydrogen (secondary N) is 2. The van der Waals surface area contributed by atoms with E-state index in [2.05, 4.69) is 20.1 Å². The van der Waals surface area contributed by atoms with Gasteiger partial charge >= 0.3 is 53.5 Å². The molecule has 2 aromatic carbocycles. The standard InChI is InChI=1S/C14H13ClF3NO4.C14H11ClF3NO2.4O.Os/c15-7-3-4-9-8(5-7)13(14(16,17)18,23-12(22)19-9)11(21)10(20)6-1-2-6;15-9-3-4-11-10(7-9)13(14(16,17)18,21-12(20)19-11)6-5-8-1-2-8;;;;;/h3-6,10-11,20-21H,1-2H2,(H,19,22);3-8H,1-2H2,(H,19,20);;;;;/t10?,11?,13-;13-;;;;;/m10...../s1. The maximum atomic E-state index is 13.9. The van der Waals surface area contributed by atoms with Gasteiger partial charge in [0.1, 0.15) is 6.10 Å². The number of ether oxygens (including phenoxy) is 2. The molecular formula is C28H24Cl2F6N2O10Os. The molecule has 4 N–H and O–H groups in total. The van der Waals surface area contributed by atoms with E-state index in [1.807, 2.05) is 0 Å². The van der Waals surface area contributed by atoms with Crippen LogP contribution < -0.4 is 10.6 Å². The van der Waals surface area contributed by atoms with Crippen LogP contribution in [0.25, 0.3) is 0 Å². The van der Waals surface area contributed by atoms with Gasteiger partial charge in [0.25, 0.3) is 11.2 Å². The third-order valence-corrected chi connectivity index (χ3v) is 8.13. The Bertz CT molecular complexity index is 1870. The van der Waals surface area contributed by atoms with Crippen molar-refractivity contribution < 1.29 is 84.6 Å². The van der Waals surface area contributed by atoms with Crippen molar-refractivity contribution in [3.8, 4) is 0 Å². The molecule has 2 unspecified atom stereocenters. The van der Waals surface area contributed by atoms with Gasteiger partial charge in [-0.2, -0.15) is 26.3 Å². The molecule has 4 aliphatic rings. The first-order valence-electron chi connectivity index (χ1n) is 13.9. The Balaban J connectivity index is 0.000000195. The molecule has 21 heteroatoms. The number of hydrogen-bond acceptors (Lipinski definition) is 10. The van der Waals surface area contributed by atoms with Crippen molar-refractivity contribution in [1.82, 2.24) is 0 Å². The summed E-state index contributed by atoms with van der Waals surface area (Å²) in [5.74, 6) is -0.346. The zero-order valence-electron chi connectivity index (χ0n) is 24.3. The molecule has 2 saturated carbocycles. The Kier molecular flexibility index (Phi) is 10.8. The van der Waals surface area contributed by atoms with Crippen LogP contribution in [0.15, 0.2) is 48.6 Å². The molecule has 2 heterocycles. The molecule has 0 bridgehead atoms. The summed E-state index contributed by atoms with van der Waals surface area (Å²) in [5, 5.41) is 24.8. The summed E-state index contributed by atoms with van der Waals surface area (Å²) in [6, 6.07) is 7.38. The number of hydrogen-bond donors (Lipinski definition) is 4.